The summed E-state index contributed by atoms with van der Waals surface area (Å²) in [5.74, 6) is -2.05. The maximum absolute atomic E-state index is 16.3. The molecule has 8 atom stereocenters. The first kappa shape index (κ1) is 30.4. The molecular formula is C31H44FN7O6. The van der Waals surface area contributed by atoms with E-state index in [0.717, 1.165) is 45.3 Å². The summed E-state index contributed by atoms with van der Waals surface area (Å²) >= 11 is 0. The highest BCUT2D eigenvalue weighted by Gasteiger charge is 2.60. The van der Waals surface area contributed by atoms with Gasteiger partial charge in [-0.1, -0.05) is 12.8 Å². The Morgan fingerprint density at radius 1 is 1.04 bits per heavy atom. The average Bonchev–Trinajstić information content (AvgIpc) is 3.76. The second kappa shape index (κ2) is 12.5. The largest absolute Gasteiger partial charge is 0.493 e. The number of ketones is 1. The molecule has 6 aliphatic rings. The van der Waals surface area contributed by atoms with Crippen LogP contribution in [0.25, 0.3) is 0 Å². The lowest BCUT2D eigenvalue weighted by Gasteiger charge is -2.60. The molecule has 45 heavy (non-hydrogen) atoms. The molecule has 0 radical (unpaired) electrons. The van der Waals surface area contributed by atoms with Crippen molar-refractivity contribution < 1.29 is 28.6 Å². The monoisotopic (exact) mass is 629 g/mol. The van der Waals surface area contributed by atoms with Crippen molar-refractivity contribution in [1.29, 1.82) is 0 Å². The number of nitrogens with zero attached hydrogens (tertiary/aromatic N) is 3. The molecule has 8 unspecified atom stereocenters. The van der Waals surface area contributed by atoms with Crippen LogP contribution in [0.1, 0.15) is 57.1 Å². The van der Waals surface area contributed by atoms with Gasteiger partial charge >= 0.3 is 5.69 Å². The molecule has 14 heteroatoms. The number of nitrogens with one attached hydrogen (secondary N) is 4. The SMILES string of the molecule is O=C(Cc1[nH]c(=O)[nH]c1O)NC1CCN(C2C(F)CC3C(=O)C(C(=O)NCCN4CCCC4)=CN4C5CCCCC5OC2C34)C1. The number of hydrogen-bond acceptors (Lipinski definition) is 9. The molecule has 2 aliphatic carbocycles. The number of carbonyl (C=O) groups excluding carboxylic acids is 3. The van der Waals surface area contributed by atoms with Gasteiger partial charge in [0.05, 0.1) is 48.0 Å². The van der Waals surface area contributed by atoms with Gasteiger partial charge in [-0.3, -0.25) is 24.3 Å². The number of likely N-dealkylation sites (tertiary alicyclic amines) is 2. The molecular weight excluding hydrogens is 585 g/mol. The minimum atomic E-state index is -1.34. The molecule has 2 amide bonds. The van der Waals surface area contributed by atoms with E-state index < -0.39 is 29.9 Å². The van der Waals surface area contributed by atoms with Crippen molar-refractivity contribution >= 4 is 17.6 Å². The summed E-state index contributed by atoms with van der Waals surface area (Å²) in [6.45, 7) is 4.27. The number of aromatic nitrogens is 2. The highest BCUT2D eigenvalue weighted by molar-refractivity contribution is 6.20. The van der Waals surface area contributed by atoms with Gasteiger partial charge in [0.2, 0.25) is 11.8 Å². The number of H-pyrrole nitrogens is 2. The number of rotatable bonds is 8. The van der Waals surface area contributed by atoms with E-state index in [1.807, 2.05) is 4.90 Å². The molecule has 1 aromatic rings. The molecule has 2 saturated carbocycles. The van der Waals surface area contributed by atoms with Gasteiger partial charge in [0.25, 0.3) is 5.91 Å². The van der Waals surface area contributed by atoms with E-state index in [2.05, 4.69) is 30.4 Å². The van der Waals surface area contributed by atoms with Crippen LogP contribution in [0.3, 0.4) is 0 Å². The lowest BCUT2D eigenvalue weighted by atomic mass is 9.69. The van der Waals surface area contributed by atoms with Crippen molar-refractivity contribution in [1.82, 2.24) is 35.3 Å². The van der Waals surface area contributed by atoms with Crippen LogP contribution >= 0.6 is 0 Å². The van der Waals surface area contributed by atoms with Crippen molar-refractivity contribution in [2.45, 2.75) is 100 Å². The Labute approximate surface area is 260 Å². The van der Waals surface area contributed by atoms with Crippen LogP contribution in [-0.4, -0.2) is 129 Å². The van der Waals surface area contributed by atoms with E-state index in [1.54, 1.807) is 6.20 Å². The Morgan fingerprint density at radius 2 is 1.84 bits per heavy atom. The third-order valence-corrected chi connectivity index (χ3v) is 10.8. The van der Waals surface area contributed by atoms with Crippen LogP contribution in [0.5, 0.6) is 5.88 Å². The predicted molar refractivity (Wildman–Crippen MR) is 160 cm³/mol. The molecule has 1 aromatic heterocycles. The summed E-state index contributed by atoms with van der Waals surface area (Å²) in [5, 5.41) is 15.7. The Morgan fingerprint density at radius 3 is 2.62 bits per heavy atom. The van der Waals surface area contributed by atoms with Crippen LogP contribution < -0.4 is 16.3 Å². The minimum Gasteiger partial charge on any atom is -0.493 e. The zero-order valence-corrected chi connectivity index (χ0v) is 25.5. The fraction of sp³-hybridized carbons (Fsp3) is 0.742. The number of hydrogen-bond donors (Lipinski definition) is 5. The lowest BCUT2D eigenvalue weighted by molar-refractivity contribution is -0.209. The van der Waals surface area contributed by atoms with Crippen LogP contribution in [-0.2, 0) is 25.5 Å². The zero-order valence-electron chi connectivity index (χ0n) is 25.5. The minimum absolute atomic E-state index is 0.0218. The van der Waals surface area contributed by atoms with Crippen molar-refractivity contribution in [3.05, 3.63) is 28.0 Å². The van der Waals surface area contributed by atoms with Crippen LogP contribution in [0.15, 0.2) is 16.6 Å². The molecule has 5 N–H and O–H groups in total. The second-order valence-electron chi connectivity index (χ2n) is 13.6. The number of aromatic hydroxyl groups is 1. The molecule has 3 saturated heterocycles. The van der Waals surface area contributed by atoms with Crippen molar-refractivity contribution in [2.75, 3.05) is 39.3 Å². The molecule has 13 nitrogen and oxygen atoms in total. The predicted octanol–water partition coefficient (Wildman–Crippen LogP) is -0.0726. The Bertz CT molecular complexity index is 1390. The zero-order chi connectivity index (χ0) is 31.2. The molecule has 4 aliphatic heterocycles. The van der Waals surface area contributed by atoms with Gasteiger partial charge in [0, 0.05) is 44.3 Å². The topological polar surface area (TPSA) is 163 Å². The van der Waals surface area contributed by atoms with Gasteiger partial charge in [-0.25, -0.2) is 9.18 Å². The summed E-state index contributed by atoms with van der Waals surface area (Å²) in [4.78, 5) is 62.4. The second-order valence-corrected chi connectivity index (χ2v) is 13.6. The Hall–Kier alpha value is -3.23. The normalized spacial score (nSPS) is 35.1. The quantitative estimate of drug-likeness (QED) is 0.248. The first-order valence-electron chi connectivity index (χ1n) is 16.6. The van der Waals surface area contributed by atoms with E-state index in [4.69, 9.17) is 4.74 Å². The summed E-state index contributed by atoms with van der Waals surface area (Å²) in [7, 11) is 0. The Balaban J connectivity index is 1.06. The van der Waals surface area contributed by atoms with Crippen molar-refractivity contribution in [3.8, 4) is 5.88 Å². The number of aromatic amines is 2. The number of amides is 2. The number of Topliss-reactive ketones (excluding diaryl/α,β-unsaturated/α-hetero) is 1. The number of ether oxygens (including phenoxy) is 1. The van der Waals surface area contributed by atoms with E-state index in [0.29, 0.717) is 26.1 Å². The van der Waals surface area contributed by atoms with Crippen LogP contribution in [0, 0.1) is 5.92 Å². The van der Waals surface area contributed by atoms with Gasteiger partial charge < -0.3 is 35.3 Å². The van der Waals surface area contributed by atoms with Gasteiger partial charge in [0.1, 0.15) is 6.17 Å². The molecule has 5 heterocycles. The summed E-state index contributed by atoms with van der Waals surface area (Å²) in [5.41, 5.74) is -0.344. The van der Waals surface area contributed by atoms with Gasteiger partial charge in [-0.2, -0.15) is 0 Å². The maximum atomic E-state index is 16.3. The third kappa shape index (κ3) is 5.92. The van der Waals surface area contributed by atoms with E-state index >= 15 is 4.39 Å². The van der Waals surface area contributed by atoms with Gasteiger partial charge in [-0.15, -0.1) is 0 Å². The fourth-order valence-electron chi connectivity index (χ4n) is 8.74. The smallest absolute Gasteiger partial charge is 0.325 e. The third-order valence-electron chi connectivity index (χ3n) is 10.8. The average molecular weight is 630 g/mol. The molecule has 5 fully saturated rings. The number of fused-ring (bicyclic) bond motifs is 2. The van der Waals surface area contributed by atoms with E-state index in [1.165, 1.54) is 12.8 Å². The first-order valence-corrected chi connectivity index (χ1v) is 16.6. The summed E-state index contributed by atoms with van der Waals surface area (Å²) in [6, 6.07) is -1.12. The number of halogens is 1. The number of carbonyl (C=O) groups is 3. The van der Waals surface area contributed by atoms with Crippen molar-refractivity contribution in [2.24, 2.45) is 5.92 Å². The first-order chi connectivity index (χ1) is 21.8. The lowest BCUT2D eigenvalue weighted by Crippen LogP contribution is -2.73. The molecule has 0 aromatic carbocycles. The summed E-state index contributed by atoms with van der Waals surface area (Å²) < 4.78 is 23.1. The highest BCUT2D eigenvalue weighted by Crippen LogP contribution is 2.47. The maximum Gasteiger partial charge on any atom is 0.325 e. The van der Waals surface area contributed by atoms with E-state index in [9.17, 15) is 24.3 Å². The van der Waals surface area contributed by atoms with Gasteiger partial charge in [0.15, 0.2) is 5.78 Å². The molecule has 0 bridgehead atoms. The number of morpholine rings is 1. The Kier molecular flexibility index (Phi) is 8.46. The summed E-state index contributed by atoms with van der Waals surface area (Å²) in [6.07, 6.45) is 6.37. The van der Waals surface area contributed by atoms with Crippen molar-refractivity contribution in [3.63, 3.8) is 0 Å². The van der Waals surface area contributed by atoms with E-state index in [-0.39, 0.29) is 71.8 Å². The fourth-order valence-corrected chi connectivity index (χ4v) is 8.74. The van der Waals surface area contributed by atoms with Crippen LogP contribution in [0.2, 0.25) is 0 Å². The molecule has 246 valence electrons. The van der Waals surface area contributed by atoms with Crippen LogP contribution in [0.4, 0.5) is 4.39 Å². The highest BCUT2D eigenvalue weighted by atomic mass is 19.1. The molecule has 0 spiro atoms. The number of imidazole rings is 1. The number of alkyl halides is 1. The van der Waals surface area contributed by atoms with Gasteiger partial charge in [-0.05, 0) is 51.6 Å². The standard InChI is InChI=1S/C31H44FN7O6/c32-20-13-18-25-28(26(20)38-11-7-17(15-38)34-24(40)14-21-30(43)36-31(44)35-21)45-23-6-2-1-5-22(23)39(25)16-19(27(18)41)29(42)33-8-12-37-9-3-4-10-37/h16-18,20,22-23,25-26,28,43H,1-15H2,(H,33,42)(H,34,40)(H2,35,36,44). The molecule has 7 rings (SSSR count).